The minimum absolute atomic E-state index is 0.00863. The lowest BCUT2D eigenvalue weighted by atomic mass is 9.65. The maximum absolute atomic E-state index is 12.6. The number of carbonyl (C=O) groups is 2. The van der Waals surface area contributed by atoms with Crippen molar-refractivity contribution in [2.75, 3.05) is 19.6 Å². The van der Waals surface area contributed by atoms with E-state index in [1.807, 2.05) is 13.0 Å². The van der Waals surface area contributed by atoms with E-state index in [-0.39, 0.29) is 23.3 Å². The molecule has 1 aromatic heterocycles. The third-order valence-corrected chi connectivity index (χ3v) is 4.81. The predicted molar refractivity (Wildman–Crippen MR) is 78.3 cm³/mol. The third-order valence-electron chi connectivity index (χ3n) is 4.81. The number of hydrogen-bond acceptors (Lipinski definition) is 5. The maximum Gasteiger partial charge on any atom is 0.200 e. The Morgan fingerprint density at radius 2 is 2.19 bits per heavy atom. The van der Waals surface area contributed by atoms with Crippen molar-refractivity contribution in [1.29, 1.82) is 0 Å². The number of hydrogen-bond donors (Lipinski definition) is 2. The number of nitrogens with zero attached hydrogens (tertiary/aromatic N) is 2. The zero-order chi connectivity index (χ0) is 15.2. The van der Waals surface area contributed by atoms with Gasteiger partial charge in [-0.25, -0.2) is 0 Å². The molecule has 6 heteroatoms. The molecule has 21 heavy (non-hydrogen) atoms. The van der Waals surface area contributed by atoms with Crippen LogP contribution in [0, 0.1) is 5.41 Å². The number of nitrogens with one attached hydrogen (secondary N) is 2. The first-order valence-corrected chi connectivity index (χ1v) is 7.49. The van der Waals surface area contributed by atoms with Crippen molar-refractivity contribution in [1.82, 2.24) is 20.4 Å². The van der Waals surface area contributed by atoms with Gasteiger partial charge in [0.2, 0.25) is 5.78 Å². The summed E-state index contributed by atoms with van der Waals surface area (Å²) in [5.41, 5.74) is 1.49. The number of aromatic amines is 1. The molecule has 0 bridgehead atoms. The smallest absolute Gasteiger partial charge is 0.200 e. The largest absolute Gasteiger partial charge is 0.306 e. The van der Waals surface area contributed by atoms with E-state index in [4.69, 9.17) is 0 Å². The van der Waals surface area contributed by atoms with Crippen LogP contribution in [0.5, 0.6) is 0 Å². The number of likely N-dealkylation sites (tertiary alicyclic amines) is 1. The van der Waals surface area contributed by atoms with E-state index in [9.17, 15) is 9.59 Å². The lowest BCUT2D eigenvalue weighted by Gasteiger charge is -2.61. The standard InChI is InChI=1S/C15H22N4O2/c1-9(2)11-4-12(18-17-11)13(21)14-15(6-16-14)7-19(8-15)10(3)5-20/h4-5,9-10,14,16H,6-8H2,1-3H3,(H,17,18). The van der Waals surface area contributed by atoms with Gasteiger partial charge < -0.3 is 10.1 Å². The second-order valence-corrected chi connectivity index (χ2v) is 6.69. The van der Waals surface area contributed by atoms with E-state index in [1.54, 1.807) is 0 Å². The fourth-order valence-corrected chi connectivity index (χ4v) is 3.20. The summed E-state index contributed by atoms with van der Waals surface area (Å²) in [6.07, 6.45) is 0.957. The van der Waals surface area contributed by atoms with E-state index in [0.717, 1.165) is 31.6 Å². The summed E-state index contributed by atoms with van der Waals surface area (Å²) in [4.78, 5) is 25.5. The molecule has 1 aromatic rings. The molecule has 3 heterocycles. The Hall–Kier alpha value is -1.53. The normalized spacial score (nSPS) is 25.4. The molecule has 2 fully saturated rings. The van der Waals surface area contributed by atoms with Gasteiger partial charge in [-0.05, 0) is 18.9 Å². The number of rotatable bonds is 5. The quantitative estimate of drug-likeness (QED) is 0.612. The first kappa shape index (κ1) is 14.4. The monoisotopic (exact) mass is 290 g/mol. The van der Waals surface area contributed by atoms with Crippen molar-refractivity contribution < 1.29 is 9.59 Å². The highest BCUT2D eigenvalue weighted by Crippen LogP contribution is 2.41. The van der Waals surface area contributed by atoms with Crippen molar-refractivity contribution >= 4 is 12.1 Å². The lowest BCUT2D eigenvalue weighted by molar-refractivity contribution is -0.123. The molecule has 2 unspecified atom stereocenters. The van der Waals surface area contributed by atoms with Gasteiger partial charge in [0.1, 0.15) is 12.0 Å². The van der Waals surface area contributed by atoms with Gasteiger partial charge in [0.05, 0.1) is 12.1 Å². The third kappa shape index (κ3) is 2.22. The molecule has 0 radical (unpaired) electrons. The molecular formula is C15H22N4O2. The lowest BCUT2D eigenvalue weighted by Crippen LogP contribution is -2.79. The molecule has 0 aliphatic carbocycles. The molecule has 0 aromatic carbocycles. The average molecular weight is 290 g/mol. The Morgan fingerprint density at radius 1 is 1.48 bits per heavy atom. The Bertz CT molecular complexity index is 560. The Morgan fingerprint density at radius 3 is 2.67 bits per heavy atom. The maximum atomic E-state index is 12.6. The summed E-state index contributed by atoms with van der Waals surface area (Å²) in [7, 11) is 0. The molecule has 2 N–H and O–H groups in total. The van der Waals surface area contributed by atoms with E-state index in [1.165, 1.54) is 0 Å². The average Bonchev–Trinajstić information content (AvgIpc) is 2.85. The highest BCUT2D eigenvalue weighted by Gasteiger charge is 2.58. The van der Waals surface area contributed by atoms with Gasteiger partial charge in [-0.1, -0.05) is 13.8 Å². The van der Waals surface area contributed by atoms with Crippen LogP contribution >= 0.6 is 0 Å². The number of carbonyl (C=O) groups excluding carboxylic acids is 2. The van der Waals surface area contributed by atoms with Crippen LogP contribution < -0.4 is 5.32 Å². The van der Waals surface area contributed by atoms with Crippen LogP contribution in [-0.4, -0.2) is 58.9 Å². The van der Waals surface area contributed by atoms with Gasteiger partial charge in [-0.2, -0.15) is 5.10 Å². The highest BCUT2D eigenvalue weighted by atomic mass is 16.1. The van der Waals surface area contributed by atoms with Gasteiger partial charge in [0.15, 0.2) is 0 Å². The molecule has 2 aliphatic heterocycles. The first-order valence-electron chi connectivity index (χ1n) is 7.49. The van der Waals surface area contributed by atoms with Crippen LogP contribution in [0.1, 0.15) is 42.9 Å². The van der Waals surface area contributed by atoms with Crippen LogP contribution in [0.3, 0.4) is 0 Å². The van der Waals surface area contributed by atoms with E-state index < -0.39 is 0 Å². The van der Waals surface area contributed by atoms with Gasteiger partial charge >= 0.3 is 0 Å². The summed E-state index contributed by atoms with van der Waals surface area (Å²) in [6.45, 7) is 8.47. The van der Waals surface area contributed by atoms with E-state index >= 15 is 0 Å². The van der Waals surface area contributed by atoms with Crippen molar-refractivity contribution in [3.63, 3.8) is 0 Å². The van der Waals surface area contributed by atoms with Crippen LogP contribution in [0.2, 0.25) is 0 Å². The molecule has 6 nitrogen and oxygen atoms in total. The number of aromatic nitrogens is 2. The van der Waals surface area contributed by atoms with Crippen molar-refractivity contribution in [3.8, 4) is 0 Å². The molecule has 2 aliphatic rings. The Labute approximate surface area is 124 Å². The highest BCUT2D eigenvalue weighted by molar-refractivity contribution is 6.00. The van der Waals surface area contributed by atoms with Crippen molar-refractivity contribution in [2.45, 2.75) is 38.8 Å². The SMILES string of the molecule is CC(C)c1cc(C(=O)C2NCC23CN(C(C)C=O)C3)n[nH]1. The molecule has 2 atom stereocenters. The summed E-state index contributed by atoms with van der Waals surface area (Å²) in [5.74, 6) is 0.387. The Balaban J connectivity index is 1.67. The minimum Gasteiger partial charge on any atom is -0.306 e. The van der Waals surface area contributed by atoms with E-state index in [2.05, 4.69) is 34.3 Å². The van der Waals surface area contributed by atoms with Gasteiger partial charge in [0.25, 0.3) is 0 Å². The number of ketones is 1. The number of H-pyrrole nitrogens is 1. The van der Waals surface area contributed by atoms with Crippen molar-refractivity contribution in [2.24, 2.45) is 5.41 Å². The van der Waals surface area contributed by atoms with Crippen LogP contribution in [0.15, 0.2) is 6.07 Å². The van der Waals surface area contributed by atoms with Gasteiger partial charge in [0, 0.05) is 30.7 Å². The topological polar surface area (TPSA) is 78.1 Å². The van der Waals surface area contributed by atoms with Crippen LogP contribution in [-0.2, 0) is 4.79 Å². The molecule has 1 spiro atoms. The first-order chi connectivity index (χ1) is 9.97. The van der Waals surface area contributed by atoms with E-state index in [0.29, 0.717) is 11.6 Å². The summed E-state index contributed by atoms with van der Waals surface area (Å²) in [5, 5.41) is 10.3. The fraction of sp³-hybridized carbons (Fsp3) is 0.667. The summed E-state index contributed by atoms with van der Waals surface area (Å²) >= 11 is 0. The second-order valence-electron chi connectivity index (χ2n) is 6.69. The molecule has 0 amide bonds. The number of aldehydes is 1. The van der Waals surface area contributed by atoms with Gasteiger partial charge in [-0.15, -0.1) is 0 Å². The molecule has 3 rings (SSSR count). The van der Waals surface area contributed by atoms with Crippen molar-refractivity contribution in [3.05, 3.63) is 17.5 Å². The minimum atomic E-state index is -0.170. The molecular weight excluding hydrogens is 268 g/mol. The predicted octanol–water partition coefficient (Wildman–Crippen LogP) is 0.577. The molecule has 0 saturated carbocycles. The molecule has 114 valence electrons. The van der Waals surface area contributed by atoms with Crippen LogP contribution in [0.4, 0.5) is 0 Å². The molecule has 2 saturated heterocycles. The Kier molecular flexibility index (Phi) is 3.45. The zero-order valence-electron chi connectivity index (χ0n) is 12.7. The second kappa shape index (κ2) is 5.03. The fourth-order valence-electron chi connectivity index (χ4n) is 3.20. The summed E-state index contributed by atoms with van der Waals surface area (Å²) < 4.78 is 0. The summed E-state index contributed by atoms with van der Waals surface area (Å²) in [6, 6.07) is 1.62. The van der Waals surface area contributed by atoms with Crippen LogP contribution in [0.25, 0.3) is 0 Å². The number of Topliss-reactive ketones (excluding diaryl/α,β-unsaturated/α-hetero) is 1. The zero-order valence-corrected chi connectivity index (χ0v) is 12.7. The van der Waals surface area contributed by atoms with Gasteiger partial charge in [-0.3, -0.25) is 14.8 Å².